The number of nitrogen functional groups attached to an aromatic ring is 1. The summed E-state index contributed by atoms with van der Waals surface area (Å²) in [5, 5.41) is 8.75. The van der Waals surface area contributed by atoms with Gasteiger partial charge in [0.25, 0.3) is 0 Å². The number of nitrogens with one attached hydrogen (secondary N) is 1. The summed E-state index contributed by atoms with van der Waals surface area (Å²) in [4.78, 5) is 10.8. The van der Waals surface area contributed by atoms with E-state index in [4.69, 9.17) is 10.8 Å². The minimum atomic E-state index is -1.00. The lowest BCUT2D eigenvalue weighted by Crippen LogP contribution is -2.60. The number of halogens is 1. The van der Waals surface area contributed by atoms with Gasteiger partial charge in [0.05, 0.1) is 11.4 Å². The summed E-state index contributed by atoms with van der Waals surface area (Å²) in [6.45, 7) is 5.22. The number of aryl methyl sites for hydroxylation is 1. The molecule has 7 nitrogen and oxygen atoms in total. The fourth-order valence-electron chi connectivity index (χ4n) is 4.19. The third kappa shape index (κ3) is 2.84. The summed E-state index contributed by atoms with van der Waals surface area (Å²) in [6, 6.07) is 8.18. The molecule has 146 valence electrons. The van der Waals surface area contributed by atoms with E-state index in [1.165, 1.54) is 11.9 Å². The molecule has 2 aliphatic heterocycles. The number of anilines is 1. The van der Waals surface area contributed by atoms with Gasteiger partial charge in [-0.2, -0.15) is 5.10 Å². The molecule has 2 aliphatic rings. The molecule has 4 heterocycles. The number of nitrogens with two attached hydrogens (primary N) is 1. The molecule has 1 aromatic carbocycles. The monoisotopic (exact) mass is 381 g/mol. The van der Waals surface area contributed by atoms with E-state index < -0.39 is 6.17 Å². The van der Waals surface area contributed by atoms with E-state index in [1.54, 1.807) is 4.68 Å². The molecule has 3 N–H and O–H groups in total. The summed E-state index contributed by atoms with van der Waals surface area (Å²) in [6.07, 6.45) is 1.13. The highest BCUT2D eigenvalue weighted by Crippen LogP contribution is 2.35. The molecule has 2 atom stereocenters. The first kappa shape index (κ1) is 17.5. The van der Waals surface area contributed by atoms with Crippen LogP contribution in [0.2, 0.25) is 0 Å². The van der Waals surface area contributed by atoms with E-state index in [2.05, 4.69) is 20.2 Å². The molecule has 8 heteroatoms. The van der Waals surface area contributed by atoms with Crippen molar-refractivity contribution in [2.45, 2.75) is 31.6 Å². The first-order chi connectivity index (χ1) is 13.6. The van der Waals surface area contributed by atoms with Gasteiger partial charge in [0, 0.05) is 37.8 Å². The molecule has 0 saturated carbocycles. The predicted molar refractivity (Wildman–Crippen MR) is 107 cm³/mol. The van der Waals surface area contributed by atoms with Crippen molar-refractivity contribution in [2.75, 3.05) is 31.9 Å². The second-order valence-electron chi connectivity index (χ2n) is 7.80. The van der Waals surface area contributed by atoms with Crippen LogP contribution in [0.3, 0.4) is 0 Å². The number of piperidine rings is 1. The first-order valence-electron chi connectivity index (χ1n) is 9.76. The van der Waals surface area contributed by atoms with E-state index in [9.17, 15) is 0 Å². The van der Waals surface area contributed by atoms with Gasteiger partial charge >= 0.3 is 0 Å². The van der Waals surface area contributed by atoms with Crippen molar-refractivity contribution >= 4 is 16.9 Å². The van der Waals surface area contributed by atoms with E-state index in [-0.39, 0.29) is 6.04 Å². The number of benzene rings is 1. The van der Waals surface area contributed by atoms with Gasteiger partial charge in [0.15, 0.2) is 5.65 Å². The van der Waals surface area contributed by atoms with Gasteiger partial charge in [-0.05, 0) is 13.3 Å². The van der Waals surface area contributed by atoms with Crippen molar-refractivity contribution < 1.29 is 4.39 Å². The second-order valence-corrected chi connectivity index (χ2v) is 7.80. The zero-order chi connectivity index (χ0) is 19.3. The number of hydrogen-bond acceptors (Lipinski definition) is 6. The van der Waals surface area contributed by atoms with E-state index in [1.807, 2.05) is 31.2 Å². The maximum Gasteiger partial charge on any atom is 0.164 e. The highest BCUT2D eigenvalue weighted by Gasteiger charge is 2.37. The van der Waals surface area contributed by atoms with Gasteiger partial charge in [0.1, 0.15) is 24.0 Å². The highest BCUT2D eigenvalue weighted by atomic mass is 19.1. The first-order valence-corrected chi connectivity index (χ1v) is 9.76. The topological polar surface area (TPSA) is 84.9 Å². The second kappa shape index (κ2) is 6.79. The Hall–Kier alpha value is -2.58. The highest BCUT2D eigenvalue weighted by molar-refractivity contribution is 5.98. The predicted octanol–water partition coefficient (Wildman–Crippen LogP) is 1.94. The lowest BCUT2D eigenvalue weighted by Gasteiger charge is -2.43. The van der Waals surface area contributed by atoms with Crippen molar-refractivity contribution in [1.29, 1.82) is 0 Å². The van der Waals surface area contributed by atoms with Crippen LogP contribution in [0.25, 0.3) is 22.3 Å². The lowest BCUT2D eigenvalue weighted by molar-refractivity contribution is 0.0401. The van der Waals surface area contributed by atoms with Gasteiger partial charge in [-0.15, -0.1) is 0 Å². The van der Waals surface area contributed by atoms with Crippen LogP contribution in [-0.4, -0.2) is 63.0 Å². The van der Waals surface area contributed by atoms with E-state index in [0.29, 0.717) is 41.6 Å². The Morgan fingerprint density at radius 2 is 1.96 bits per heavy atom. The largest absolute Gasteiger partial charge is 0.383 e. The van der Waals surface area contributed by atoms with Gasteiger partial charge in [0.2, 0.25) is 0 Å². The molecular formula is C20H24FN7. The number of fused-ring (bicyclic) bond motifs is 1. The van der Waals surface area contributed by atoms with E-state index >= 15 is 4.39 Å². The lowest BCUT2D eigenvalue weighted by atomic mass is 9.99. The molecule has 5 rings (SSSR count). The molecule has 28 heavy (non-hydrogen) atoms. The summed E-state index contributed by atoms with van der Waals surface area (Å²) >= 11 is 0. The molecule has 0 unspecified atom stereocenters. The number of alkyl halides is 1. The van der Waals surface area contributed by atoms with Crippen LogP contribution in [0.5, 0.6) is 0 Å². The molecule has 0 bridgehead atoms. The normalized spacial score (nSPS) is 23.8. The van der Waals surface area contributed by atoms with Crippen LogP contribution in [0.1, 0.15) is 18.0 Å². The summed E-state index contributed by atoms with van der Waals surface area (Å²) in [5.74, 6) is 0.375. The molecule has 0 aliphatic carbocycles. The average Bonchev–Trinajstić information content (AvgIpc) is 3.02. The number of nitrogens with zero attached hydrogens (tertiary/aromatic N) is 5. The van der Waals surface area contributed by atoms with Crippen LogP contribution < -0.4 is 11.1 Å². The Balaban J connectivity index is 1.55. The SMILES string of the molecule is Cc1ccc(-c2nn([C@H]3CCN(C4CNC4)C[C@H]3F)c3ncnc(N)c23)cc1. The molecule has 0 amide bonds. The van der Waals surface area contributed by atoms with Crippen molar-refractivity contribution in [3.8, 4) is 11.3 Å². The Morgan fingerprint density at radius 1 is 1.18 bits per heavy atom. The third-order valence-electron chi connectivity index (χ3n) is 5.97. The number of hydrogen-bond donors (Lipinski definition) is 2. The molecule has 2 aromatic heterocycles. The number of aromatic nitrogens is 4. The third-order valence-corrected chi connectivity index (χ3v) is 5.97. The van der Waals surface area contributed by atoms with Gasteiger partial charge < -0.3 is 11.1 Å². The van der Waals surface area contributed by atoms with Crippen LogP contribution in [0.15, 0.2) is 30.6 Å². The Bertz CT molecular complexity index is 996. The molecule has 2 saturated heterocycles. The number of likely N-dealkylation sites (tertiary alicyclic amines) is 1. The maximum absolute atomic E-state index is 15.2. The fourth-order valence-corrected chi connectivity index (χ4v) is 4.19. The van der Waals surface area contributed by atoms with Crippen molar-refractivity contribution in [3.63, 3.8) is 0 Å². The molecule has 3 aromatic rings. The average molecular weight is 381 g/mol. The van der Waals surface area contributed by atoms with Gasteiger partial charge in [-0.3, -0.25) is 4.90 Å². The zero-order valence-electron chi connectivity index (χ0n) is 15.8. The standard InChI is InChI=1S/C20H24FN7/c1-12-2-4-13(5-3-12)18-17-19(22)24-11-25-20(17)28(26-18)16-6-7-27(10-15(16)21)14-8-23-9-14/h2-5,11,14-16,23H,6-10H2,1H3,(H2,22,24,25)/t15-,16+/m1/s1. The van der Waals surface area contributed by atoms with Gasteiger partial charge in [-0.25, -0.2) is 19.0 Å². The van der Waals surface area contributed by atoms with Crippen LogP contribution >= 0.6 is 0 Å². The van der Waals surface area contributed by atoms with Crippen molar-refractivity contribution in [2.24, 2.45) is 0 Å². The minimum absolute atomic E-state index is 0.347. The molecule has 0 spiro atoms. The summed E-state index contributed by atoms with van der Waals surface area (Å²) in [5.41, 5.74) is 9.60. The Labute approximate surface area is 162 Å². The van der Waals surface area contributed by atoms with E-state index in [0.717, 1.165) is 25.2 Å². The maximum atomic E-state index is 15.2. The Morgan fingerprint density at radius 3 is 2.64 bits per heavy atom. The minimum Gasteiger partial charge on any atom is -0.383 e. The van der Waals surface area contributed by atoms with Gasteiger partial charge in [-0.1, -0.05) is 29.8 Å². The summed E-state index contributed by atoms with van der Waals surface area (Å²) < 4.78 is 16.9. The van der Waals surface area contributed by atoms with Crippen LogP contribution in [-0.2, 0) is 0 Å². The van der Waals surface area contributed by atoms with Crippen molar-refractivity contribution in [3.05, 3.63) is 36.2 Å². The Kier molecular flexibility index (Phi) is 4.25. The van der Waals surface area contributed by atoms with Crippen LogP contribution in [0.4, 0.5) is 10.2 Å². The fraction of sp³-hybridized carbons (Fsp3) is 0.450. The summed E-state index contributed by atoms with van der Waals surface area (Å²) in [7, 11) is 0. The zero-order valence-corrected chi connectivity index (χ0v) is 15.8. The molecule has 0 radical (unpaired) electrons. The molecule has 2 fully saturated rings. The smallest absolute Gasteiger partial charge is 0.164 e. The molecular weight excluding hydrogens is 357 g/mol. The van der Waals surface area contributed by atoms with Crippen LogP contribution in [0, 0.1) is 6.92 Å². The quantitative estimate of drug-likeness (QED) is 0.721. The van der Waals surface area contributed by atoms with Crippen molar-refractivity contribution in [1.82, 2.24) is 30.0 Å². The number of rotatable bonds is 3.